The van der Waals surface area contributed by atoms with Crippen molar-refractivity contribution in [3.63, 3.8) is 0 Å². The van der Waals surface area contributed by atoms with E-state index >= 15 is 0 Å². The highest BCUT2D eigenvalue weighted by Crippen LogP contribution is 2.33. The molecule has 1 heterocycles. The third kappa shape index (κ3) is 4.89. The highest BCUT2D eigenvalue weighted by atomic mass is 32.2. The van der Waals surface area contributed by atoms with Crippen LogP contribution in [0, 0.1) is 19.8 Å². The molecule has 2 N–H and O–H groups in total. The van der Waals surface area contributed by atoms with Gasteiger partial charge in [-0.2, -0.15) is 0 Å². The van der Waals surface area contributed by atoms with E-state index in [2.05, 4.69) is 13.8 Å². The van der Waals surface area contributed by atoms with Crippen molar-refractivity contribution in [3.05, 3.63) is 52.3 Å². The molecule has 0 aliphatic heterocycles. The maximum atomic E-state index is 12.0. The quantitative estimate of drug-likeness (QED) is 0.855. The van der Waals surface area contributed by atoms with Gasteiger partial charge in [0.05, 0.1) is 5.75 Å². The highest BCUT2D eigenvalue weighted by Gasteiger charge is 2.21. The number of aryl methyl sites for hydroxylation is 2. The van der Waals surface area contributed by atoms with E-state index in [0.717, 1.165) is 45.6 Å². The molecule has 136 valence electrons. The molecule has 0 spiro atoms. The Hall–Kier alpha value is -1.72. The van der Waals surface area contributed by atoms with Gasteiger partial charge in [-0.25, -0.2) is 8.42 Å². The normalized spacial score (nSPS) is 12.0. The lowest BCUT2D eigenvalue weighted by molar-refractivity contribution is 0.600. The van der Waals surface area contributed by atoms with Crippen LogP contribution in [0.4, 0.5) is 0 Å². The minimum Gasteiger partial charge on any atom is -0.326 e. The van der Waals surface area contributed by atoms with E-state index in [0.29, 0.717) is 12.5 Å². The first-order chi connectivity index (χ1) is 11.6. The van der Waals surface area contributed by atoms with Crippen molar-refractivity contribution < 1.29 is 8.42 Å². The Kier molecular flexibility index (Phi) is 6.01. The summed E-state index contributed by atoms with van der Waals surface area (Å²) in [5.74, 6) is 0.424. The summed E-state index contributed by atoms with van der Waals surface area (Å²) >= 11 is 0. The lowest BCUT2D eigenvalue weighted by Gasteiger charge is -2.21. The molecule has 5 heteroatoms. The standard InChI is InChI=1S/C20H28N2O2S/c1-13(2)10-19-17(11-21)20(16-8-6-14(3)7-9-16)18(15(4)22-19)12-25(5,23)24/h6-9,13H,10-12,21H2,1-5H3. The zero-order valence-electron chi connectivity index (χ0n) is 15.8. The number of rotatable bonds is 6. The third-order valence-corrected chi connectivity index (χ3v) is 5.06. The van der Waals surface area contributed by atoms with E-state index in [-0.39, 0.29) is 5.75 Å². The van der Waals surface area contributed by atoms with E-state index in [1.54, 1.807) is 0 Å². The summed E-state index contributed by atoms with van der Waals surface area (Å²) in [6, 6.07) is 8.15. The molecule has 0 unspecified atom stereocenters. The maximum Gasteiger partial charge on any atom is 0.151 e. The molecule has 0 radical (unpaired) electrons. The van der Waals surface area contributed by atoms with Gasteiger partial charge in [-0.15, -0.1) is 0 Å². The van der Waals surface area contributed by atoms with Gasteiger partial charge in [-0.1, -0.05) is 43.7 Å². The summed E-state index contributed by atoms with van der Waals surface area (Å²) < 4.78 is 24.0. The van der Waals surface area contributed by atoms with Crippen molar-refractivity contribution in [1.82, 2.24) is 4.98 Å². The minimum absolute atomic E-state index is 0.0238. The predicted octanol–water partition coefficient (Wildman–Crippen LogP) is 3.57. The van der Waals surface area contributed by atoms with E-state index in [1.165, 1.54) is 6.26 Å². The van der Waals surface area contributed by atoms with Gasteiger partial charge in [-0.05, 0) is 48.4 Å². The Morgan fingerprint density at radius 2 is 1.68 bits per heavy atom. The number of aromatic nitrogens is 1. The molecule has 2 rings (SSSR count). The number of benzene rings is 1. The summed E-state index contributed by atoms with van der Waals surface area (Å²) in [5, 5.41) is 0. The average Bonchev–Trinajstić information content (AvgIpc) is 2.49. The molecule has 0 bridgehead atoms. The zero-order chi connectivity index (χ0) is 18.8. The molecule has 25 heavy (non-hydrogen) atoms. The van der Waals surface area contributed by atoms with Gasteiger partial charge in [0.2, 0.25) is 0 Å². The fraction of sp³-hybridized carbons (Fsp3) is 0.450. The van der Waals surface area contributed by atoms with Gasteiger partial charge < -0.3 is 5.73 Å². The van der Waals surface area contributed by atoms with Crippen molar-refractivity contribution in [3.8, 4) is 11.1 Å². The second-order valence-corrected chi connectivity index (χ2v) is 9.35. The molecule has 0 saturated heterocycles. The molecule has 1 aromatic heterocycles. The van der Waals surface area contributed by atoms with Crippen molar-refractivity contribution in [2.75, 3.05) is 6.26 Å². The minimum atomic E-state index is -3.18. The van der Waals surface area contributed by atoms with Gasteiger partial charge in [0, 0.05) is 24.2 Å². The van der Waals surface area contributed by atoms with E-state index in [9.17, 15) is 8.42 Å². The molecule has 0 saturated carbocycles. The molecule has 0 aliphatic carbocycles. The van der Waals surface area contributed by atoms with Gasteiger partial charge >= 0.3 is 0 Å². The molecule has 4 nitrogen and oxygen atoms in total. The Morgan fingerprint density at radius 3 is 2.16 bits per heavy atom. The van der Waals surface area contributed by atoms with Crippen LogP contribution in [-0.2, 0) is 28.6 Å². The highest BCUT2D eigenvalue weighted by molar-refractivity contribution is 7.89. The van der Waals surface area contributed by atoms with Gasteiger partial charge in [0.15, 0.2) is 9.84 Å². The van der Waals surface area contributed by atoms with Crippen molar-refractivity contribution in [2.24, 2.45) is 11.7 Å². The van der Waals surface area contributed by atoms with Gasteiger partial charge in [-0.3, -0.25) is 4.98 Å². The SMILES string of the molecule is Cc1ccc(-c2c(CS(C)(=O)=O)c(C)nc(CC(C)C)c2CN)cc1. The van der Waals surface area contributed by atoms with Crippen LogP contribution in [0.15, 0.2) is 24.3 Å². The Labute approximate surface area is 151 Å². The molecular formula is C20H28N2O2S. The summed E-state index contributed by atoms with van der Waals surface area (Å²) in [6.07, 6.45) is 2.08. The number of hydrogen-bond donors (Lipinski definition) is 1. The summed E-state index contributed by atoms with van der Waals surface area (Å²) in [4.78, 5) is 4.73. The Morgan fingerprint density at radius 1 is 1.08 bits per heavy atom. The molecule has 1 aromatic carbocycles. The number of hydrogen-bond acceptors (Lipinski definition) is 4. The van der Waals surface area contributed by atoms with Crippen LogP contribution in [0.2, 0.25) is 0 Å². The first kappa shape index (κ1) is 19.6. The van der Waals surface area contributed by atoms with E-state index in [1.807, 2.05) is 38.1 Å². The molecule has 2 aromatic rings. The molecule has 0 amide bonds. The predicted molar refractivity (Wildman–Crippen MR) is 104 cm³/mol. The maximum absolute atomic E-state index is 12.0. The second kappa shape index (κ2) is 7.67. The number of pyridine rings is 1. The van der Waals surface area contributed by atoms with Crippen molar-refractivity contribution in [2.45, 2.75) is 46.4 Å². The van der Waals surface area contributed by atoms with E-state index < -0.39 is 9.84 Å². The smallest absolute Gasteiger partial charge is 0.151 e. The van der Waals surface area contributed by atoms with E-state index in [4.69, 9.17) is 10.7 Å². The number of sulfone groups is 1. The van der Waals surface area contributed by atoms with Crippen LogP contribution >= 0.6 is 0 Å². The topological polar surface area (TPSA) is 73.0 Å². The van der Waals surface area contributed by atoms with Crippen LogP contribution in [-0.4, -0.2) is 19.7 Å². The largest absolute Gasteiger partial charge is 0.326 e. The number of nitrogens with two attached hydrogens (primary N) is 1. The average molecular weight is 361 g/mol. The van der Waals surface area contributed by atoms with Crippen LogP contribution < -0.4 is 5.73 Å². The van der Waals surface area contributed by atoms with Gasteiger partial charge in [0.1, 0.15) is 0 Å². The lowest BCUT2D eigenvalue weighted by Crippen LogP contribution is -2.15. The first-order valence-corrected chi connectivity index (χ1v) is 10.6. The van der Waals surface area contributed by atoms with Crippen LogP contribution in [0.1, 0.15) is 41.9 Å². The zero-order valence-corrected chi connectivity index (χ0v) is 16.6. The lowest BCUT2D eigenvalue weighted by atomic mass is 9.90. The van der Waals surface area contributed by atoms with Crippen LogP contribution in [0.25, 0.3) is 11.1 Å². The molecule has 0 fully saturated rings. The van der Waals surface area contributed by atoms with Crippen LogP contribution in [0.3, 0.4) is 0 Å². The van der Waals surface area contributed by atoms with Gasteiger partial charge in [0.25, 0.3) is 0 Å². The monoisotopic (exact) mass is 360 g/mol. The fourth-order valence-electron chi connectivity index (χ4n) is 3.13. The Balaban J connectivity index is 2.80. The van der Waals surface area contributed by atoms with Crippen molar-refractivity contribution in [1.29, 1.82) is 0 Å². The molecule has 0 aliphatic rings. The summed E-state index contributed by atoms with van der Waals surface area (Å²) in [6.45, 7) is 8.56. The first-order valence-electron chi connectivity index (χ1n) is 8.58. The van der Waals surface area contributed by atoms with Crippen LogP contribution in [0.5, 0.6) is 0 Å². The third-order valence-electron chi connectivity index (χ3n) is 4.24. The fourth-order valence-corrected chi connectivity index (χ4v) is 4.01. The Bertz CT molecular complexity index is 854. The summed E-state index contributed by atoms with van der Waals surface area (Å²) in [7, 11) is -3.18. The number of nitrogens with zero attached hydrogens (tertiary/aromatic N) is 1. The molecular weight excluding hydrogens is 332 g/mol. The molecule has 0 atom stereocenters. The summed E-state index contributed by atoms with van der Waals surface area (Å²) in [5.41, 5.74) is 12.7. The second-order valence-electron chi connectivity index (χ2n) is 7.21. The van der Waals surface area contributed by atoms with Crippen molar-refractivity contribution >= 4 is 9.84 Å².